The first-order valence-electron chi connectivity index (χ1n) is 11.5. The molecule has 0 aliphatic carbocycles. The number of benzene rings is 2. The second-order valence-corrected chi connectivity index (χ2v) is 8.30. The van der Waals surface area contributed by atoms with Crippen molar-refractivity contribution in [3.05, 3.63) is 77.1 Å². The first kappa shape index (κ1) is 25.1. The summed E-state index contributed by atoms with van der Waals surface area (Å²) in [5.74, 6) is -1.73. The van der Waals surface area contributed by atoms with Crippen molar-refractivity contribution in [2.45, 2.75) is 46.6 Å². The van der Waals surface area contributed by atoms with E-state index in [-0.39, 0.29) is 50.5 Å². The molecule has 0 saturated heterocycles. The van der Waals surface area contributed by atoms with Gasteiger partial charge in [-0.05, 0) is 50.5 Å². The van der Waals surface area contributed by atoms with Crippen LogP contribution in [0.5, 0.6) is 0 Å². The fourth-order valence-electron chi connectivity index (χ4n) is 4.31. The molecule has 0 radical (unpaired) electrons. The minimum Gasteiger partial charge on any atom is -0.466 e. The molecule has 0 aromatic heterocycles. The van der Waals surface area contributed by atoms with Crippen LogP contribution in [-0.4, -0.2) is 36.0 Å². The number of hydrogen-bond donors (Lipinski definition) is 0. The van der Waals surface area contributed by atoms with Crippen molar-refractivity contribution < 1.29 is 28.2 Å². The Hall–Kier alpha value is -3.48. The molecule has 6 nitrogen and oxygen atoms in total. The molecule has 2 aromatic carbocycles. The van der Waals surface area contributed by atoms with E-state index in [9.17, 15) is 14.4 Å². The van der Waals surface area contributed by atoms with Crippen LogP contribution in [0.3, 0.4) is 0 Å². The predicted molar refractivity (Wildman–Crippen MR) is 126 cm³/mol. The number of ether oxygens (including phenoxy) is 2. The molecule has 2 aromatic rings. The molecule has 1 heterocycles. The van der Waals surface area contributed by atoms with E-state index in [1.807, 2.05) is 30.3 Å². The van der Waals surface area contributed by atoms with Gasteiger partial charge in [0.2, 0.25) is 5.91 Å². The highest BCUT2D eigenvalue weighted by atomic mass is 19.1. The summed E-state index contributed by atoms with van der Waals surface area (Å²) in [7, 11) is 0. The van der Waals surface area contributed by atoms with E-state index in [1.54, 1.807) is 39.0 Å². The van der Waals surface area contributed by atoms with Gasteiger partial charge in [-0.2, -0.15) is 0 Å². The monoisotopic (exact) mass is 467 g/mol. The fourth-order valence-corrected chi connectivity index (χ4v) is 4.31. The fraction of sp³-hybridized carbons (Fsp3) is 0.370. The number of halogens is 1. The van der Waals surface area contributed by atoms with Gasteiger partial charge in [0.05, 0.1) is 37.3 Å². The zero-order valence-corrected chi connectivity index (χ0v) is 19.8. The topological polar surface area (TPSA) is 72.9 Å². The van der Waals surface area contributed by atoms with Gasteiger partial charge in [0.15, 0.2) is 0 Å². The highest BCUT2D eigenvalue weighted by molar-refractivity contribution is 6.02. The van der Waals surface area contributed by atoms with Crippen molar-refractivity contribution in [2.24, 2.45) is 5.41 Å². The van der Waals surface area contributed by atoms with Crippen molar-refractivity contribution >= 4 is 23.5 Å². The van der Waals surface area contributed by atoms with Crippen molar-refractivity contribution in [1.82, 2.24) is 4.90 Å². The smallest absolute Gasteiger partial charge is 0.310 e. The number of carbonyl (C=O) groups is 3. The second kappa shape index (κ2) is 11.1. The summed E-state index contributed by atoms with van der Waals surface area (Å²) in [5.41, 5.74) is 0.680. The Bertz CT molecular complexity index is 1080. The molecular formula is C27H30FNO5. The number of hydrogen-bond acceptors (Lipinski definition) is 5. The molecule has 0 N–H and O–H groups in total. The third-order valence-electron chi connectivity index (χ3n) is 6.01. The lowest BCUT2D eigenvalue weighted by molar-refractivity contribution is -0.144. The van der Waals surface area contributed by atoms with E-state index in [0.29, 0.717) is 11.3 Å². The van der Waals surface area contributed by atoms with E-state index < -0.39 is 23.2 Å². The summed E-state index contributed by atoms with van der Waals surface area (Å²) in [6, 6.07) is 15.5. The van der Waals surface area contributed by atoms with Gasteiger partial charge in [-0.1, -0.05) is 42.5 Å². The molecule has 0 spiro atoms. The Morgan fingerprint density at radius 1 is 0.941 bits per heavy atom. The maximum absolute atomic E-state index is 15.0. The van der Waals surface area contributed by atoms with Crippen molar-refractivity contribution in [3.63, 3.8) is 0 Å². The summed E-state index contributed by atoms with van der Waals surface area (Å²) >= 11 is 0. The summed E-state index contributed by atoms with van der Waals surface area (Å²) in [4.78, 5) is 40.2. The maximum Gasteiger partial charge on any atom is 0.310 e. The van der Waals surface area contributed by atoms with Crippen molar-refractivity contribution in [3.8, 4) is 0 Å². The molecule has 7 heteroatoms. The molecule has 3 rings (SSSR count). The van der Waals surface area contributed by atoms with Gasteiger partial charge < -0.3 is 14.4 Å². The highest BCUT2D eigenvalue weighted by Crippen LogP contribution is 2.49. The summed E-state index contributed by atoms with van der Waals surface area (Å²) in [6.07, 6.45) is -0.0668. The van der Waals surface area contributed by atoms with Crippen LogP contribution in [0.2, 0.25) is 0 Å². The van der Waals surface area contributed by atoms with Crippen LogP contribution >= 0.6 is 0 Å². The van der Waals surface area contributed by atoms with Gasteiger partial charge in [-0.15, -0.1) is 0 Å². The molecule has 1 amide bonds. The average Bonchev–Trinajstić information content (AvgIpc) is 3.01. The molecule has 0 bridgehead atoms. The van der Waals surface area contributed by atoms with Gasteiger partial charge >= 0.3 is 11.9 Å². The molecule has 180 valence electrons. The zero-order valence-electron chi connectivity index (χ0n) is 19.8. The quantitative estimate of drug-likeness (QED) is 0.466. The van der Waals surface area contributed by atoms with E-state index in [4.69, 9.17) is 9.47 Å². The largest absolute Gasteiger partial charge is 0.466 e. The normalized spacial score (nSPS) is 17.8. The first-order chi connectivity index (χ1) is 16.3. The molecule has 1 atom stereocenters. The van der Waals surface area contributed by atoms with Crippen LogP contribution in [0.15, 0.2) is 60.2 Å². The molecule has 0 fully saturated rings. The maximum atomic E-state index is 15.0. The third kappa shape index (κ3) is 5.35. The van der Waals surface area contributed by atoms with Crippen molar-refractivity contribution in [1.29, 1.82) is 0 Å². The standard InChI is InChI=1S/C27H30FNO5/c1-4-33-23(30)15-16-27(3)21(17-24(31)34-5-2)25(20-13-9-10-14-22(20)28)29(26(27)32)18-19-11-7-6-8-12-19/h6-14H,4-5,15-18H2,1-3H3. The van der Waals surface area contributed by atoms with E-state index in [0.717, 1.165) is 5.56 Å². The summed E-state index contributed by atoms with van der Waals surface area (Å²) < 4.78 is 25.3. The number of nitrogens with zero attached hydrogens (tertiary/aromatic N) is 1. The number of carbonyl (C=O) groups excluding carboxylic acids is 3. The molecule has 1 aliphatic heterocycles. The van der Waals surface area contributed by atoms with Gasteiger partial charge in [-0.25, -0.2) is 4.39 Å². The molecule has 1 unspecified atom stereocenters. The van der Waals surface area contributed by atoms with Gasteiger partial charge in [0.25, 0.3) is 0 Å². The Balaban J connectivity index is 2.15. The van der Waals surface area contributed by atoms with Crippen LogP contribution in [-0.2, 0) is 30.4 Å². The lowest BCUT2D eigenvalue weighted by atomic mass is 9.77. The zero-order chi connectivity index (χ0) is 24.7. The molecule has 34 heavy (non-hydrogen) atoms. The minimum absolute atomic E-state index is 0.00780. The lowest BCUT2D eigenvalue weighted by Crippen LogP contribution is -2.35. The van der Waals surface area contributed by atoms with Crippen LogP contribution in [0, 0.1) is 11.2 Å². The van der Waals surface area contributed by atoms with Crippen LogP contribution in [0.4, 0.5) is 4.39 Å². The van der Waals surface area contributed by atoms with Crippen LogP contribution in [0.1, 0.15) is 51.2 Å². The number of rotatable bonds is 10. The van der Waals surface area contributed by atoms with Gasteiger partial charge in [-0.3, -0.25) is 14.4 Å². The van der Waals surface area contributed by atoms with Gasteiger partial charge in [0, 0.05) is 12.0 Å². The van der Waals surface area contributed by atoms with Crippen molar-refractivity contribution in [2.75, 3.05) is 13.2 Å². The minimum atomic E-state index is -1.20. The average molecular weight is 468 g/mol. The van der Waals surface area contributed by atoms with Gasteiger partial charge in [0.1, 0.15) is 5.82 Å². The Labute approximate surface area is 199 Å². The Kier molecular flexibility index (Phi) is 8.21. The second-order valence-electron chi connectivity index (χ2n) is 8.30. The van der Waals surface area contributed by atoms with E-state index in [2.05, 4.69) is 0 Å². The SMILES string of the molecule is CCOC(=O)CCC1(C)C(=O)N(Cc2ccccc2)C(c2ccccc2F)=C1CC(=O)OCC. The highest BCUT2D eigenvalue weighted by Gasteiger charge is 2.50. The summed E-state index contributed by atoms with van der Waals surface area (Å²) in [6.45, 7) is 5.73. The molecule has 0 saturated carbocycles. The number of amides is 1. The Morgan fingerprint density at radius 2 is 1.56 bits per heavy atom. The first-order valence-corrected chi connectivity index (χ1v) is 11.5. The van der Waals surface area contributed by atoms with Crippen LogP contribution in [0.25, 0.3) is 5.70 Å². The lowest BCUT2D eigenvalue weighted by Gasteiger charge is -2.27. The molecule has 1 aliphatic rings. The predicted octanol–water partition coefficient (Wildman–Crippen LogP) is 4.88. The Morgan fingerprint density at radius 3 is 2.21 bits per heavy atom. The number of esters is 2. The third-order valence-corrected chi connectivity index (χ3v) is 6.01. The summed E-state index contributed by atoms with van der Waals surface area (Å²) in [5, 5.41) is 0. The van der Waals surface area contributed by atoms with Crippen LogP contribution < -0.4 is 0 Å². The molecular weight excluding hydrogens is 437 g/mol. The van der Waals surface area contributed by atoms with E-state index in [1.165, 1.54) is 11.0 Å². The van der Waals surface area contributed by atoms with E-state index >= 15 is 4.39 Å².